The van der Waals surface area contributed by atoms with Gasteiger partial charge in [-0.1, -0.05) is 31.2 Å². The SMILES string of the molecule is CCC(N)C1CCC(C2CCC(c3ccc(C4CCC(NC)CC4)cc3)CC2)CC1. The zero-order valence-electron chi connectivity index (χ0n) is 19.6. The fourth-order valence-corrected chi connectivity index (χ4v) is 7.06. The van der Waals surface area contributed by atoms with Gasteiger partial charge in [-0.25, -0.2) is 0 Å². The molecule has 1 aromatic rings. The highest BCUT2D eigenvalue weighted by atomic mass is 14.9. The van der Waals surface area contributed by atoms with Crippen molar-refractivity contribution in [1.82, 2.24) is 5.32 Å². The van der Waals surface area contributed by atoms with Crippen LogP contribution < -0.4 is 11.1 Å². The first-order valence-corrected chi connectivity index (χ1v) is 13.2. The van der Waals surface area contributed by atoms with Crippen molar-refractivity contribution in [2.75, 3.05) is 7.05 Å². The highest BCUT2D eigenvalue weighted by Crippen LogP contribution is 2.44. The Hall–Kier alpha value is -0.860. The number of benzene rings is 1. The van der Waals surface area contributed by atoms with Crippen molar-refractivity contribution in [3.63, 3.8) is 0 Å². The van der Waals surface area contributed by atoms with E-state index in [1.807, 2.05) is 0 Å². The Bertz CT molecular complexity index is 615. The van der Waals surface area contributed by atoms with Crippen LogP contribution in [-0.2, 0) is 0 Å². The highest BCUT2D eigenvalue weighted by molar-refractivity contribution is 5.28. The summed E-state index contributed by atoms with van der Waals surface area (Å²) >= 11 is 0. The first-order valence-electron chi connectivity index (χ1n) is 13.2. The second kappa shape index (κ2) is 10.6. The summed E-state index contributed by atoms with van der Waals surface area (Å²) in [5.41, 5.74) is 9.52. The summed E-state index contributed by atoms with van der Waals surface area (Å²) in [5, 5.41) is 3.46. The van der Waals surface area contributed by atoms with Gasteiger partial charge in [0, 0.05) is 12.1 Å². The highest BCUT2D eigenvalue weighted by Gasteiger charge is 2.32. The average molecular weight is 411 g/mol. The fraction of sp³-hybridized carbons (Fsp3) is 0.786. The summed E-state index contributed by atoms with van der Waals surface area (Å²) in [7, 11) is 2.11. The molecule has 0 aliphatic heterocycles. The van der Waals surface area contributed by atoms with Gasteiger partial charge in [0.2, 0.25) is 0 Å². The van der Waals surface area contributed by atoms with Gasteiger partial charge < -0.3 is 11.1 Å². The Morgan fingerprint density at radius 3 is 1.60 bits per heavy atom. The van der Waals surface area contributed by atoms with Gasteiger partial charge in [-0.2, -0.15) is 0 Å². The molecular formula is C28H46N2. The second-order valence-electron chi connectivity index (χ2n) is 10.9. The van der Waals surface area contributed by atoms with Crippen molar-refractivity contribution in [3.8, 4) is 0 Å². The van der Waals surface area contributed by atoms with Gasteiger partial charge >= 0.3 is 0 Å². The van der Waals surface area contributed by atoms with Crippen molar-refractivity contribution < 1.29 is 0 Å². The maximum atomic E-state index is 6.32. The third-order valence-electron chi connectivity index (χ3n) is 9.35. The minimum absolute atomic E-state index is 0.447. The van der Waals surface area contributed by atoms with Gasteiger partial charge in [0.25, 0.3) is 0 Å². The van der Waals surface area contributed by atoms with E-state index in [0.29, 0.717) is 6.04 Å². The smallest absolute Gasteiger partial charge is 0.00645 e. The number of nitrogens with two attached hydrogens (primary N) is 1. The molecule has 3 N–H and O–H groups in total. The third-order valence-corrected chi connectivity index (χ3v) is 9.35. The van der Waals surface area contributed by atoms with E-state index in [2.05, 4.69) is 43.6 Å². The Kier molecular flexibility index (Phi) is 7.92. The molecule has 1 aromatic carbocycles. The monoisotopic (exact) mass is 410 g/mol. The van der Waals surface area contributed by atoms with Gasteiger partial charge in [-0.3, -0.25) is 0 Å². The average Bonchev–Trinajstić information content (AvgIpc) is 2.84. The molecule has 4 rings (SSSR count). The lowest BCUT2D eigenvalue weighted by Crippen LogP contribution is -2.34. The Morgan fingerprint density at radius 1 is 0.733 bits per heavy atom. The summed E-state index contributed by atoms with van der Waals surface area (Å²) in [4.78, 5) is 0. The molecule has 0 heterocycles. The molecule has 168 valence electrons. The normalized spacial score (nSPS) is 36.4. The van der Waals surface area contributed by atoms with E-state index in [1.165, 1.54) is 77.0 Å². The van der Waals surface area contributed by atoms with Crippen LogP contribution in [0.15, 0.2) is 24.3 Å². The molecule has 3 saturated carbocycles. The zero-order valence-corrected chi connectivity index (χ0v) is 19.6. The van der Waals surface area contributed by atoms with Crippen molar-refractivity contribution in [2.24, 2.45) is 23.5 Å². The minimum atomic E-state index is 0.447. The van der Waals surface area contributed by atoms with Crippen molar-refractivity contribution in [3.05, 3.63) is 35.4 Å². The quantitative estimate of drug-likeness (QED) is 0.544. The van der Waals surface area contributed by atoms with Crippen LogP contribution in [0.3, 0.4) is 0 Å². The third kappa shape index (κ3) is 5.30. The van der Waals surface area contributed by atoms with Gasteiger partial charge in [0.05, 0.1) is 0 Å². The lowest BCUT2D eigenvalue weighted by atomic mass is 9.67. The molecule has 30 heavy (non-hydrogen) atoms. The Balaban J connectivity index is 1.24. The van der Waals surface area contributed by atoms with E-state index >= 15 is 0 Å². The van der Waals surface area contributed by atoms with Crippen molar-refractivity contribution >= 4 is 0 Å². The predicted molar refractivity (Wildman–Crippen MR) is 129 cm³/mol. The molecule has 2 nitrogen and oxygen atoms in total. The van der Waals surface area contributed by atoms with Gasteiger partial charge in [-0.15, -0.1) is 0 Å². The van der Waals surface area contributed by atoms with Crippen LogP contribution in [0.1, 0.15) is 113 Å². The van der Waals surface area contributed by atoms with Crippen LogP contribution >= 0.6 is 0 Å². The van der Waals surface area contributed by atoms with Crippen LogP contribution in [0.2, 0.25) is 0 Å². The first kappa shape index (κ1) is 22.3. The fourth-order valence-electron chi connectivity index (χ4n) is 7.06. The molecule has 0 amide bonds. The summed E-state index contributed by atoms with van der Waals surface area (Å²) in [6, 6.07) is 11.1. The minimum Gasteiger partial charge on any atom is -0.327 e. The molecule has 3 aliphatic carbocycles. The largest absolute Gasteiger partial charge is 0.327 e. The number of rotatable bonds is 6. The predicted octanol–water partition coefficient (Wildman–Crippen LogP) is 6.75. The molecule has 1 unspecified atom stereocenters. The molecule has 0 spiro atoms. The van der Waals surface area contributed by atoms with Gasteiger partial charge in [0.15, 0.2) is 0 Å². The second-order valence-corrected chi connectivity index (χ2v) is 10.9. The van der Waals surface area contributed by atoms with Crippen LogP contribution in [0, 0.1) is 17.8 Å². The van der Waals surface area contributed by atoms with Crippen LogP contribution in [0.4, 0.5) is 0 Å². The first-order chi connectivity index (χ1) is 14.7. The molecule has 0 aromatic heterocycles. The van der Waals surface area contributed by atoms with E-state index in [9.17, 15) is 0 Å². The van der Waals surface area contributed by atoms with Crippen molar-refractivity contribution in [1.29, 1.82) is 0 Å². The van der Waals surface area contributed by atoms with E-state index in [4.69, 9.17) is 5.73 Å². The lowest BCUT2D eigenvalue weighted by Gasteiger charge is -2.39. The van der Waals surface area contributed by atoms with Crippen LogP contribution in [-0.4, -0.2) is 19.1 Å². The van der Waals surface area contributed by atoms with E-state index in [1.54, 1.807) is 11.1 Å². The summed E-state index contributed by atoms with van der Waals surface area (Å²) in [5.74, 6) is 4.37. The Labute approximate surface area is 185 Å². The van der Waals surface area contributed by atoms with Gasteiger partial charge in [0.1, 0.15) is 0 Å². The maximum absolute atomic E-state index is 6.32. The molecule has 3 aliphatic rings. The topological polar surface area (TPSA) is 38.0 Å². The molecular weight excluding hydrogens is 364 g/mol. The molecule has 0 saturated heterocycles. The number of hydrogen-bond donors (Lipinski definition) is 2. The summed E-state index contributed by atoms with van der Waals surface area (Å²) in [6.07, 6.45) is 17.9. The Morgan fingerprint density at radius 2 is 1.17 bits per heavy atom. The molecule has 0 bridgehead atoms. The zero-order chi connectivity index (χ0) is 20.9. The molecule has 0 radical (unpaired) electrons. The van der Waals surface area contributed by atoms with Crippen molar-refractivity contribution in [2.45, 2.75) is 114 Å². The standard InChI is InChI=1S/C28H46N2/c1-3-28(29)26-14-12-24(13-15-26)22-6-4-20(5-7-22)21-8-10-23(11-9-21)25-16-18-27(30-2)19-17-25/h8-11,20,22,24-28,30H,3-7,12-19,29H2,1-2H3. The van der Waals surface area contributed by atoms with Crippen LogP contribution in [0.25, 0.3) is 0 Å². The van der Waals surface area contributed by atoms with Crippen LogP contribution in [0.5, 0.6) is 0 Å². The molecule has 1 atom stereocenters. The number of nitrogens with one attached hydrogen (secondary N) is 1. The molecule has 3 fully saturated rings. The van der Waals surface area contributed by atoms with E-state index < -0.39 is 0 Å². The van der Waals surface area contributed by atoms with E-state index in [0.717, 1.165) is 42.1 Å². The lowest BCUT2D eigenvalue weighted by molar-refractivity contribution is 0.149. The van der Waals surface area contributed by atoms with E-state index in [-0.39, 0.29) is 0 Å². The maximum Gasteiger partial charge on any atom is 0.00645 e. The molecule has 2 heteroatoms. The summed E-state index contributed by atoms with van der Waals surface area (Å²) < 4.78 is 0. The summed E-state index contributed by atoms with van der Waals surface area (Å²) in [6.45, 7) is 2.25. The number of hydrogen-bond acceptors (Lipinski definition) is 2. The van der Waals surface area contributed by atoms with Gasteiger partial charge in [-0.05, 0) is 131 Å².